The van der Waals surface area contributed by atoms with Gasteiger partial charge in [-0.05, 0) is 48.3 Å². The van der Waals surface area contributed by atoms with Crippen LogP contribution in [-0.4, -0.2) is 23.4 Å². The molecule has 2 rings (SSSR count). The fourth-order valence-electron chi connectivity index (χ4n) is 1.70. The summed E-state index contributed by atoms with van der Waals surface area (Å²) in [5, 5.41) is 4.79. The van der Waals surface area contributed by atoms with E-state index in [4.69, 9.17) is 11.6 Å². The normalized spacial score (nSPS) is 20.7. The van der Waals surface area contributed by atoms with E-state index in [9.17, 15) is 0 Å². The minimum absolute atomic E-state index is 0.415. The predicted molar refractivity (Wildman–Crippen MR) is 58.5 cm³/mol. The lowest BCUT2D eigenvalue weighted by molar-refractivity contribution is 0.223. The molecule has 0 atom stereocenters. The van der Waals surface area contributed by atoms with Crippen LogP contribution in [0.3, 0.4) is 0 Å². The Balaban J connectivity index is 1.83. The van der Waals surface area contributed by atoms with Crippen molar-refractivity contribution >= 4 is 22.9 Å². The first kappa shape index (κ1) is 9.50. The maximum absolute atomic E-state index is 6.04. The summed E-state index contributed by atoms with van der Waals surface area (Å²) in [6, 6.07) is 2.21. The van der Waals surface area contributed by atoms with Crippen LogP contribution in [0.25, 0.3) is 0 Å². The van der Waals surface area contributed by atoms with Crippen molar-refractivity contribution in [2.24, 2.45) is 0 Å². The highest BCUT2D eigenvalue weighted by Crippen LogP contribution is 2.18. The molecule has 72 valence electrons. The molecule has 1 saturated heterocycles. The Morgan fingerprint density at radius 3 is 2.85 bits per heavy atom. The highest BCUT2D eigenvalue weighted by molar-refractivity contribution is 7.07. The third-order valence-electron chi connectivity index (χ3n) is 2.50. The SMILES string of the molecule is ClC1CCN(Cc2ccsc2)CC1. The highest BCUT2D eigenvalue weighted by Gasteiger charge is 2.16. The van der Waals surface area contributed by atoms with Gasteiger partial charge in [0.1, 0.15) is 0 Å². The van der Waals surface area contributed by atoms with Gasteiger partial charge in [-0.15, -0.1) is 11.6 Å². The fraction of sp³-hybridized carbons (Fsp3) is 0.600. The van der Waals surface area contributed by atoms with E-state index in [1.807, 2.05) is 0 Å². The van der Waals surface area contributed by atoms with Crippen LogP contribution in [0.1, 0.15) is 18.4 Å². The molecule has 0 radical (unpaired) electrons. The van der Waals surface area contributed by atoms with Crippen molar-refractivity contribution in [2.45, 2.75) is 24.8 Å². The summed E-state index contributed by atoms with van der Waals surface area (Å²) in [4.78, 5) is 2.49. The number of piperidine rings is 1. The van der Waals surface area contributed by atoms with Crippen molar-refractivity contribution in [3.8, 4) is 0 Å². The minimum atomic E-state index is 0.415. The van der Waals surface area contributed by atoms with Crippen LogP contribution in [0, 0.1) is 0 Å². The van der Waals surface area contributed by atoms with Gasteiger partial charge < -0.3 is 0 Å². The van der Waals surface area contributed by atoms with E-state index in [1.165, 1.54) is 5.56 Å². The fourth-order valence-corrected chi connectivity index (χ4v) is 2.56. The molecule has 1 aliphatic rings. The average Bonchev–Trinajstić information content (AvgIpc) is 2.62. The number of likely N-dealkylation sites (tertiary alicyclic amines) is 1. The lowest BCUT2D eigenvalue weighted by Gasteiger charge is -2.28. The van der Waals surface area contributed by atoms with Gasteiger partial charge in [0.05, 0.1) is 0 Å². The van der Waals surface area contributed by atoms with Crippen LogP contribution < -0.4 is 0 Å². The molecule has 2 heterocycles. The van der Waals surface area contributed by atoms with Crippen LogP contribution in [-0.2, 0) is 6.54 Å². The largest absolute Gasteiger partial charge is 0.299 e. The second-order valence-electron chi connectivity index (χ2n) is 3.58. The van der Waals surface area contributed by atoms with Crippen LogP contribution in [0.15, 0.2) is 16.8 Å². The van der Waals surface area contributed by atoms with Gasteiger partial charge in [0, 0.05) is 11.9 Å². The number of thiophene rings is 1. The molecule has 1 nitrogen and oxygen atoms in total. The molecule has 0 aromatic carbocycles. The lowest BCUT2D eigenvalue weighted by atomic mass is 10.1. The van der Waals surface area contributed by atoms with Gasteiger partial charge in [-0.2, -0.15) is 11.3 Å². The van der Waals surface area contributed by atoms with Gasteiger partial charge >= 0.3 is 0 Å². The molecule has 13 heavy (non-hydrogen) atoms. The number of hydrogen-bond donors (Lipinski definition) is 0. The molecule has 0 saturated carbocycles. The van der Waals surface area contributed by atoms with E-state index in [-0.39, 0.29) is 0 Å². The van der Waals surface area contributed by atoms with Crippen molar-refractivity contribution in [1.29, 1.82) is 0 Å². The lowest BCUT2D eigenvalue weighted by Crippen LogP contribution is -2.33. The maximum atomic E-state index is 6.04. The smallest absolute Gasteiger partial charge is 0.0360 e. The Hall–Kier alpha value is -0.0500. The van der Waals surface area contributed by atoms with E-state index >= 15 is 0 Å². The summed E-state index contributed by atoms with van der Waals surface area (Å²) in [6.07, 6.45) is 2.29. The number of halogens is 1. The molecule has 0 spiro atoms. The highest BCUT2D eigenvalue weighted by atomic mass is 35.5. The van der Waals surface area contributed by atoms with Crippen LogP contribution >= 0.6 is 22.9 Å². The minimum Gasteiger partial charge on any atom is -0.299 e. The van der Waals surface area contributed by atoms with E-state index < -0.39 is 0 Å². The zero-order chi connectivity index (χ0) is 9.10. The Labute approximate surface area is 88.3 Å². The Kier molecular flexibility index (Phi) is 3.25. The standard InChI is InChI=1S/C10H14ClNS/c11-10-1-4-12(5-2-10)7-9-3-6-13-8-9/h3,6,8,10H,1-2,4-5,7H2. The molecule has 0 amide bonds. The van der Waals surface area contributed by atoms with E-state index in [0.717, 1.165) is 32.5 Å². The molecule has 0 unspecified atom stereocenters. The first-order valence-corrected chi connectivity index (χ1v) is 6.10. The van der Waals surface area contributed by atoms with Gasteiger partial charge in [0.15, 0.2) is 0 Å². The van der Waals surface area contributed by atoms with Gasteiger partial charge in [-0.25, -0.2) is 0 Å². The van der Waals surface area contributed by atoms with Crippen molar-refractivity contribution in [3.63, 3.8) is 0 Å². The topological polar surface area (TPSA) is 3.24 Å². The zero-order valence-electron chi connectivity index (χ0n) is 7.58. The molecular weight excluding hydrogens is 202 g/mol. The quantitative estimate of drug-likeness (QED) is 0.686. The maximum Gasteiger partial charge on any atom is 0.0360 e. The molecule has 0 N–H and O–H groups in total. The second kappa shape index (κ2) is 4.45. The average molecular weight is 216 g/mol. The molecule has 1 fully saturated rings. The van der Waals surface area contributed by atoms with Crippen LogP contribution in [0.2, 0.25) is 0 Å². The summed E-state index contributed by atoms with van der Waals surface area (Å²) in [7, 11) is 0. The number of hydrogen-bond acceptors (Lipinski definition) is 2. The Morgan fingerprint density at radius 1 is 1.46 bits per heavy atom. The third-order valence-corrected chi connectivity index (χ3v) is 3.67. The van der Waals surface area contributed by atoms with Gasteiger partial charge in [0.2, 0.25) is 0 Å². The summed E-state index contributed by atoms with van der Waals surface area (Å²) >= 11 is 7.82. The molecule has 0 bridgehead atoms. The molecule has 1 aromatic heterocycles. The van der Waals surface area contributed by atoms with Crippen molar-refractivity contribution < 1.29 is 0 Å². The van der Waals surface area contributed by atoms with E-state index in [1.54, 1.807) is 11.3 Å². The summed E-state index contributed by atoms with van der Waals surface area (Å²) < 4.78 is 0. The predicted octanol–water partition coefficient (Wildman–Crippen LogP) is 2.95. The zero-order valence-corrected chi connectivity index (χ0v) is 9.15. The van der Waals surface area contributed by atoms with Crippen molar-refractivity contribution in [2.75, 3.05) is 13.1 Å². The van der Waals surface area contributed by atoms with Gasteiger partial charge in [-0.1, -0.05) is 0 Å². The van der Waals surface area contributed by atoms with Gasteiger partial charge in [0.25, 0.3) is 0 Å². The Morgan fingerprint density at radius 2 is 2.23 bits per heavy atom. The summed E-state index contributed by atoms with van der Waals surface area (Å²) in [6.45, 7) is 3.42. The summed E-state index contributed by atoms with van der Waals surface area (Å²) in [5.41, 5.74) is 1.44. The van der Waals surface area contributed by atoms with E-state index in [0.29, 0.717) is 5.38 Å². The number of rotatable bonds is 2. The van der Waals surface area contributed by atoms with Crippen LogP contribution in [0.4, 0.5) is 0 Å². The Bertz CT molecular complexity index is 239. The summed E-state index contributed by atoms with van der Waals surface area (Å²) in [5.74, 6) is 0. The first-order chi connectivity index (χ1) is 6.34. The molecule has 0 aliphatic carbocycles. The second-order valence-corrected chi connectivity index (χ2v) is 4.98. The van der Waals surface area contributed by atoms with E-state index in [2.05, 4.69) is 21.7 Å². The third kappa shape index (κ3) is 2.70. The number of nitrogens with zero attached hydrogens (tertiary/aromatic N) is 1. The number of alkyl halides is 1. The van der Waals surface area contributed by atoms with Crippen molar-refractivity contribution in [3.05, 3.63) is 22.4 Å². The molecule has 1 aliphatic heterocycles. The molecule has 1 aromatic rings. The van der Waals surface area contributed by atoms with Crippen molar-refractivity contribution in [1.82, 2.24) is 4.90 Å². The molecule has 3 heteroatoms. The van der Waals surface area contributed by atoms with Crippen LogP contribution in [0.5, 0.6) is 0 Å². The molecular formula is C10H14ClNS. The monoisotopic (exact) mass is 215 g/mol. The first-order valence-electron chi connectivity index (χ1n) is 4.72. The van der Waals surface area contributed by atoms with Gasteiger partial charge in [-0.3, -0.25) is 4.90 Å².